The number of hydrogen-bond acceptors (Lipinski definition) is 8. The first kappa shape index (κ1) is 30.5. The number of benzene rings is 2. The van der Waals surface area contributed by atoms with Crippen molar-refractivity contribution < 1.29 is 46.8 Å². The smallest absolute Gasteiger partial charge is 0.424 e. The molecule has 1 saturated carbocycles. The van der Waals surface area contributed by atoms with Gasteiger partial charge in [-0.05, 0) is 74.2 Å². The second kappa shape index (κ2) is 11.3. The second-order valence-electron chi connectivity index (χ2n) is 10.9. The molecule has 2 heterocycles. The average Bonchev–Trinajstić information content (AvgIpc) is 3.78. The lowest BCUT2D eigenvalue weighted by molar-refractivity contribution is -0.265. The predicted molar refractivity (Wildman–Crippen MR) is 146 cm³/mol. The summed E-state index contributed by atoms with van der Waals surface area (Å²) in [7, 11) is 1.32. The Bertz CT molecular complexity index is 1510. The van der Waals surface area contributed by atoms with Crippen LogP contribution < -0.4 is 25.3 Å². The highest BCUT2D eigenvalue weighted by molar-refractivity contribution is 5.95. The highest BCUT2D eigenvalue weighted by Gasteiger charge is 2.58. The minimum Gasteiger partial charge on any atom is -0.493 e. The van der Waals surface area contributed by atoms with Gasteiger partial charge >= 0.3 is 6.18 Å². The number of pyridine rings is 1. The van der Waals surface area contributed by atoms with Gasteiger partial charge in [0.1, 0.15) is 24.7 Å². The Morgan fingerprint density at radius 2 is 1.88 bits per heavy atom. The molecule has 0 spiro atoms. The Kier molecular flexibility index (Phi) is 8.01. The fourth-order valence-electron chi connectivity index (χ4n) is 5.03. The number of nitrogens with zero attached hydrogens (tertiary/aromatic N) is 1. The Labute approximate surface area is 244 Å². The Morgan fingerprint density at radius 1 is 1.19 bits per heavy atom. The molecule has 43 heavy (non-hydrogen) atoms. The van der Waals surface area contributed by atoms with Gasteiger partial charge in [0.25, 0.3) is 5.91 Å². The maximum absolute atomic E-state index is 14.7. The molecule has 1 aliphatic carbocycles. The van der Waals surface area contributed by atoms with Gasteiger partial charge in [-0.15, -0.1) is 0 Å². The van der Waals surface area contributed by atoms with Crippen LogP contribution in [0, 0.1) is 11.7 Å². The van der Waals surface area contributed by atoms with E-state index < -0.39 is 47.4 Å². The number of fused-ring (bicyclic) bond motifs is 1. The van der Waals surface area contributed by atoms with Crippen LogP contribution in [-0.4, -0.2) is 60.3 Å². The van der Waals surface area contributed by atoms with Gasteiger partial charge < -0.3 is 35.5 Å². The van der Waals surface area contributed by atoms with E-state index in [-0.39, 0.29) is 58.8 Å². The molecule has 1 fully saturated rings. The van der Waals surface area contributed by atoms with E-state index in [1.807, 2.05) is 0 Å². The lowest BCUT2D eigenvalue weighted by atomic mass is 9.85. The molecule has 3 aromatic rings. The number of aliphatic hydroxyl groups excluding tert-OH is 1. The van der Waals surface area contributed by atoms with Crippen LogP contribution in [0.4, 0.5) is 17.6 Å². The van der Waals surface area contributed by atoms with Gasteiger partial charge in [-0.1, -0.05) is 0 Å². The van der Waals surface area contributed by atoms with Crippen LogP contribution in [0.5, 0.6) is 17.2 Å². The molecule has 2 aromatic carbocycles. The standard InChI is InChI=1S/C30H31F4N3O6/c1-16(38)13-42-22-10-5-18(11-23(22)41-2)27(39)36-14-29(40,30(32,33)34)24-12-21-26(43-15-28(21,35)19-6-7-19)25(37-24)17-3-8-20(31)9-4-17/h3-5,8-12,16,19,38,40H,6-7,13-15,35H2,1-2H3,(H,36,39)/t16-,28+,29+/m1/s1. The monoisotopic (exact) mass is 605 g/mol. The summed E-state index contributed by atoms with van der Waals surface area (Å²) in [5, 5.41) is 22.8. The van der Waals surface area contributed by atoms with Crippen LogP contribution in [0.3, 0.4) is 0 Å². The van der Waals surface area contributed by atoms with Crippen LogP contribution in [0.2, 0.25) is 0 Å². The summed E-state index contributed by atoms with van der Waals surface area (Å²) >= 11 is 0. The summed E-state index contributed by atoms with van der Waals surface area (Å²) in [6.07, 6.45) is -4.54. The zero-order chi connectivity index (χ0) is 31.2. The number of halogens is 4. The molecule has 230 valence electrons. The summed E-state index contributed by atoms with van der Waals surface area (Å²) in [5.74, 6) is -1.03. The maximum atomic E-state index is 14.7. The molecule has 5 rings (SSSR count). The average molecular weight is 606 g/mol. The molecule has 5 N–H and O–H groups in total. The Morgan fingerprint density at radius 3 is 2.49 bits per heavy atom. The SMILES string of the molecule is COc1cc(C(=O)NC[C@](O)(c2cc3c(c(-c4ccc(F)cc4)n2)OC[C@]3(N)C2CC2)C(F)(F)F)ccc1OC[C@@H](C)O. The molecule has 9 nitrogen and oxygen atoms in total. The lowest BCUT2D eigenvalue weighted by Crippen LogP contribution is -2.52. The van der Waals surface area contributed by atoms with Crippen molar-refractivity contribution in [3.8, 4) is 28.5 Å². The van der Waals surface area contributed by atoms with E-state index in [4.69, 9.17) is 19.9 Å². The van der Waals surface area contributed by atoms with Gasteiger partial charge in [-0.2, -0.15) is 13.2 Å². The number of nitrogens with two attached hydrogens (primary N) is 1. The number of amides is 1. The number of carbonyl (C=O) groups is 1. The fraction of sp³-hybridized carbons (Fsp3) is 0.400. The van der Waals surface area contributed by atoms with Crippen molar-refractivity contribution in [1.29, 1.82) is 0 Å². The third kappa shape index (κ3) is 5.84. The highest BCUT2D eigenvalue weighted by Crippen LogP contribution is 2.53. The van der Waals surface area contributed by atoms with Gasteiger partial charge in [-0.3, -0.25) is 4.79 Å². The first-order chi connectivity index (χ1) is 20.3. The van der Waals surface area contributed by atoms with E-state index in [1.165, 1.54) is 44.4 Å². The van der Waals surface area contributed by atoms with Crippen LogP contribution in [-0.2, 0) is 11.1 Å². The molecule has 1 aliphatic heterocycles. The number of methoxy groups -OCH3 is 1. The third-order valence-corrected chi connectivity index (χ3v) is 7.66. The van der Waals surface area contributed by atoms with Gasteiger partial charge in [0.15, 0.2) is 17.2 Å². The number of nitrogens with one attached hydrogen (secondary N) is 1. The molecule has 0 unspecified atom stereocenters. The third-order valence-electron chi connectivity index (χ3n) is 7.66. The molecule has 0 bridgehead atoms. The van der Waals surface area contributed by atoms with Crippen molar-refractivity contribution in [2.24, 2.45) is 11.7 Å². The number of ether oxygens (including phenoxy) is 3. The predicted octanol–water partition coefficient (Wildman–Crippen LogP) is 3.79. The zero-order valence-corrected chi connectivity index (χ0v) is 23.4. The Hall–Kier alpha value is -3.94. The minimum absolute atomic E-state index is 0.00622. The van der Waals surface area contributed by atoms with E-state index in [1.54, 1.807) is 0 Å². The normalized spacial score (nSPS) is 20.0. The summed E-state index contributed by atoms with van der Waals surface area (Å²) in [6.45, 7) is 0.186. The fourth-order valence-corrected chi connectivity index (χ4v) is 5.03. The van der Waals surface area contributed by atoms with Gasteiger partial charge in [-0.25, -0.2) is 9.37 Å². The highest BCUT2D eigenvalue weighted by atomic mass is 19.4. The molecular formula is C30H31F4N3O6. The first-order valence-electron chi connectivity index (χ1n) is 13.6. The van der Waals surface area contributed by atoms with Crippen molar-refractivity contribution in [1.82, 2.24) is 10.3 Å². The topological polar surface area (TPSA) is 136 Å². The number of aromatic nitrogens is 1. The second-order valence-corrected chi connectivity index (χ2v) is 10.9. The van der Waals surface area contributed by atoms with E-state index >= 15 is 0 Å². The van der Waals surface area contributed by atoms with Crippen molar-refractivity contribution >= 4 is 5.91 Å². The first-order valence-corrected chi connectivity index (χ1v) is 13.6. The Balaban J connectivity index is 1.50. The molecular weight excluding hydrogens is 574 g/mol. The van der Waals surface area contributed by atoms with E-state index in [0.717, 1.165) is 31.0 Å². The van der Waals surface area contributed by atoms with Crippen molar-refractivity contribution in [2.75, 3.05) is 26.9 Å². The minimum atomic E-state index is -5.28. The molecule has 2 aliphatic rings. The summed E-state index contributed by atoms with van der Waals surface area (Å²) in [5.41, 5.74) is 1.54. The van der Waals surface area contributed by atoms with Crippen LogP contribution in [0.15, 0.2) is 48.5 Å². The van der Waals surface area contributed by atoms with Crippen LogP contribution in [0.25, 0.3) is 11.3 Å². The van der Waals surface area contributed by atoms with Gasteiger partial charge in [0, 0.05) is 16.7 Å². The lowest BCUT2D eigenvalue weighted by Gasteiger charge is -2.32. The molecule has 3 atom stereocenters. The van der Waals surface area contributed by atoms with Crippen molar-refractivity contribution in [2.45, 2.75) is 43.2 Å². The molecule has 13 heteroatoms. The maximum Gasteiger partial charge on any atom is 0.424 e. The number of alkyl halides is 3. The van der Waals surface area contributed by atoms with E-state index in [9.17, 15) is 32.6 Å². The summed E-state index contributed by atoms with van der Waals surface area (Å²) in [6, 6.07) is 9.98. The number of carbonyl (C=O) groups excluding carboxylic acids is 1. The quantitative estimate of drug-likeness (QED) is 0.257. The molecule has 1 amide bonds. The molecule has 0 saturated heterocycles. The zero-order valence-electron chi connectivity index (χ0n) is 23.4. The number of hydrogen-bond donors (Lipinski definition) is 4. The summed E-state index contributed by atoms with van der Waals surface area (Å²) < 4.78 is 74.1. The van der Waals surface area contributed by atoms with Crippen LogP contribution >= 0.6 is 0 Å². The van der Waals surface area contributed by atoms with E-state index in [0.29, 0.717) is 0 Å². The van der Waals surface area contributed by atoms with E-state index in [2.05, 4.69) is 10.3 Å². The van der Waals surface area contributed by atoms with Crippen molar-refractivity contribution in [3.63, 3.8) is 0 Å². The molecule has 0 radical (unpaired) electrons. The van der Waals surface area contributed by atoms with Crippen molar-refractivity contribution in [3.05, 3.63) is 71.2 Å². The van der Waals surface area contributed by atoms with Gasteiger partial charge in [0.2, 0.25) is 5.60 Å². The van der Waals surface area contributed by atoms with Gasteiger partial charge in [0.05, 0.1) is 31.0 Å². The summed E-state index contributed by atoms with van der Waals surface area (Å²) in [4.78, 5) is 17.2. The molecule has 1 aromatic heterocycles. The van der Waals surface area contributed by atoms with Crippen LogP contribution in [0.1, 0.15) is 41.4 Å². The number of rotatable bonds is 10. The largest absolute Gasteiger partial charge is 0.493 e. The number of aliphatic hydroxyl groups is 2.